The van der Waals surface area contributed by atoms with Gasteiger partial charge in [-0.1, -0.05) is 104 Å². The lowest BCUT2D eigenvalue weighted by atomic mass is 9.77. The predicted octanol–water partition coefficient (Wildman–Crippen LogP) is 6.44. The molecule has 0 bridgehead atoms. The van der Waals surface area contributed by atoms with E-state index in [1.165, 1.54) is 36.0 Å². The quantitative estimate of drug-likeness (QED) is 0.204. The molecule has 3 nitrogen and oxygen atoms in total. The van der Waals surface area contributed by atoms with Gasteiger partial charge in [-0.15, -0.1) is 0 Å². The highest BCUT2D eigenvalue weighted by Gasteiger charge is 2.38. The number of nitrogens with zero attached hydrogens (tertiary/aromatic N) is 2. The first kappa shape index (κ1) is 23.0. The van der Waals surface area contributed by atoms with Gasteiger partial charge in [-0.3, -0.25) is 0 Å². The summed E-state index contributed by atoms with van der Waals surface area (Å²) in [4.78, 5) is 4.85. The lowest BCUT2D eigenvalue weighted by Crippen LogP contribution is -2.36. The average molecular weight is 438 g/mol. The van der Waals surface area contributed by atoms with Crippen LogP contribution in [0.15, 0.2) is 104 Å². The fourth-order valence-corrected chi connectivity index (χ4v) is 4.64. The van der Waals surface area contributed by atoms with Gasteiger partial charge in [0.25, 0.3) is 0 Å². The summed E-state index contributed by atoms with van der Waals surface area (Å²) in [5.41, 5.74) is 4.36. The molecule has 1 heterocycles. The van der Waals surface area contributed by atoms with Crippen LogP contribution in [-0.4, -0.2) is 22.6 Å². The fourth-order valence-electron chi connectivity index (χ4n) is 4.64. The SMILES string of the molecule is CCCCNCCCCc1cn(C(c2ccccc2)(c2ccccc2)c2ccccc2)cn1. The van der Waals surface area contributed by atoms with Crippen molar-refractivity contribution in [3.63, 3.8) is 0 Å². The van der Waals surface area contributed by atoms with E-state index in [0.29, 0.717) is 0 Å². The molecule has 0 radical (unpaired) electrons. The monoisotopic (exact) mass is 437 g/mol. The number of hydrogen-bond acceptors (Lipinski definition) is 2. The second-order valence-corrected chi connectivity index (χ2v) is 8.64. The summed E-state index contributed by atoms with van der Waals surface area (Å²) < 4.78 is 2.31. The molecule has 33 heavy (non-hydrogen) atoms. The maximum atomic E-state index is 4.85. The molecule has 0 unspecified atom stereocenters. The third-order valence-electron chi connectivity index (χ3n) is 6.34. The van der Waals surface area contributed by atoms with E-state index in [-0.39, 0.29) is 0 Å². The third kappa shape index (κ3) is 5.26. The minimum Gasteiger partial charge on any atom is -0.319 e. The molecule has 0 atom stereocenters. The number of aryl methyl sites for hydroxylation is 1. The molecule has 170 valence electrons. The molecule has 3 heteroatoms. The summed E-state index contributed by atoms with van der Waals surface area (Å²) in [6.07, 6.45) is 10.1. The summed E-state index contributed by atoms with van der Waals surface area (Å²) in [6.45, 7) is 4.44. The van der Waals surface area contributed by atoms with Crippen molar-refractivity contribution < 1.29 is 0 Å². The molecule has 0 aliphatic rings. The van der Waals surface area contributed by atoms with Gasteiger partial charge < -0.3 is 9.88 Å². The molecule has 0 saturated carbocycles. The van der Waals surface area contributed by atoms with E-state index in [9.17, 15) is 0 Å². The maximum absolute atomic E-state index is 4.85. The van der Waals surface area contributed by atoms with Crippen molar-refractivity contribution in [2.24, 2.45) is 0 Å². The van der Waals surface area contributed by atoms with Gasteiger partial charge >= 0.3 is 0 Å². The van der Waals surface area contributed by atoms with Crippen LogP contribution in [0.1, 0.15) is 55.0 Å². The van der Waals surface area contributed by atoms with Crippen LogP contribution >= 0.6 is 0 Å². The van der Waals surface area contributed by atoms with Crippen LogP contribution in [0.4, 0.5) is 0 Å². The minimum atomic E-state index is -0.475. The van der Waals surface area contributed by atoms with Crippen molar-refractivity contribution in [1.29, 1.82) is 0 Å². The summed E-state index contributed by atoms with van der Waals surface area (Å²) >= 11 is 0. The number of unbranched alkanes of at least 4 members (excludes halogenated alkanes) is 2. The molecule has 1 aromatic heterocycles. The van der Waals surface area contributed by atoms with E-state index in [1.54, 1.807) is 0 Å². The maximum Gasteiger partial charge on any atom is 0.121 e. The normalized spacial score (nSPS) is 11.5. The Kier molecular flexibility index (Phi) is 8.10. The van der Waals surface area contributed by atoms with Gasteiger partial charge in [0.05, 0.1) is 12.0 Å². The number of imidazole rings is 1. The van der Waals surface area contributed by atoms with Crippen LogP contribution < -0.4 is 5.32 Å². The van der Waals surface area contributed by atoms with E-state index in [1.807, 2.05) is 6.33 Å². The predicted molar refractivity (Wildman–Crippen MR) is 138 cm³/mol. The highest BCUT2D eigenvalue weighted by molar-refractivity contribution is 5.50. The molecule has 1 N–H and O–H groups in total. The molecule has 4 rings (SSSR count). The molecule has 0 aliphatic heterocycles. The molecular formula is C30H35N3. The Morgan fingerprint density at radius 1 is 0.697 bits per heavy atom. The van der Waals surface area contributed by atoms with E-state index < -0.39 is 5.54 Å². The molecule has 0 fully saturated rings. The van der Waals surface area contributed by atoms with Gasteiger partial charge in [-0.05, 0) is 55.5 Å². The molecular weight excluding hydrogens is 402 g/mol. The van der Waals surface area contributed by atoms with E-state index in [0.717, 1.165) is 31.6 Å². The smallest absolute Gasteiger partial charge is 0.121 e. The van der Waals surface area contributed by atoms with E-state index >= 15 is 0 Å². The zero-order valence-electron chi connectivity index (χ0n) is 19.7. The minimum absolute atomic E-state index is 0.475. The topological polar surface area (TPSA) is 29.9 Å². The first-order chi connectivity index (χ1) is 16.4. The van der Waals surface area contributed by atoms with Gasteiger partial charge in [0.15, 0.2) is 0 Å². The third-order valence-corrected chi connectivity index (χ3v) is 6.34. The van der Waals surface area contributed by atoms with Gasteiger partial charge in [0.2, 0.25) is 0 Å². The van der Waals surface area contributed by atoms with Crippen molar-refractivity contribution in [2.75, 3.05) is 13.1 Å². The Balaban J connectivity index is 1.67. The lowest BCUT2D eigenvalue weighted by Gasteiger charge is -2.37. The van der Waals surface area contributed by atoms with Crippen LogP contribution in [0.3, 0.4) is 0 Å². The Bertz CT molecular complexity index is 975. The van der Waals surface area contributed by atoms with E-state index in [4.69, 9.17) is 4.98 Å². The number of benzene rings is 3. The van der Waals surface area contributed by atoms with Crippen LogP contribution in [0.2, 0.25) is 0 Å². The van der Waals surface area contributed by atoms with Crippen molar-refractivity contribution in [3.8, 4) is 0 Å². The van der Waals surface area contributed by atoms with Gasteiger partial charge in [0.1, 0.15) is 5.54 Å². The number of aromatic nitrogens is 2. The summed E-state index contributed by atoms with van der Waals surface area (Å²) in [7, 11) is 0. The standard InChI is InChI=1S/C30H35N3/c1-2-3-22-31-23-14-13-21-29-24-33(25-32-29)30(26-15-7-4-8-16-26,27-17-9-5-10-18-27)28-19-11-6-12-20-28/h4-12,15-20,24-25,31H,2-3,13-14,21-23H2,1H3. The van der Waals surface area contributed by atoms with Crippen LogP contribution in [-0.2, 0) is 12.0 Å². The summed E-state index contributed by atoms with van der Waals surface area (Å²) in [5, 5.41) is 3.54. The van der Waals surface area contributed by atoms with Crippen LogP contribution in [0, 0.1) is 0 Å². The molecule has 0 spiro atoms. The Hall–Kier alpha value is -3.17. The Morgan fingerprint density at radius 3 is 1.73 bits per heavy atom. The first-order valence-corrected chi connectivity index (χ1v) is 12.3. The lowest BCUT2D eigenvalue weighted by molar-refractivity contribution is 0.514. The van der Waals surface area contributed by atoms with E-state index in [2.05, 4.69) is 114 Å². The summed E-state index contributed by atoms with van der Waals surface area (Å²) in [5.74, 6) is 0. The number of hydrogen-bond donors (Lipinski definition) is 1. The second-order valence-electron chi connectivity index (χ2n) is 8.64. The zero-order chi connectivity index (χ0) is 22.8. The second kappa shape index (κ2) is 11.6. The molecule has 0 amide bonds. The Morgan fingerprint density at radius 2 is 1.21 bits per heavy atom. The van der Waals surface area contributed by atoms with Crippen molar-refractivity contribution in [1.82, 2.24) is 14.9 Å². The van der Waals surface area contributed by atoms with Gasteiger partial charge in [-0.25, -0.2) is 4.98 Å². The van der Waals surface area contributed by atoms with Crippen LogP contribution in [0.25, 0.3) is 0 Å². The molecule has 0 saturated heterocycles. The van der Waals surface area contributed by atoms with Gasteiger partial charge in [-0.2, -0.15) is 0 Å². The van der Waals surface area contributed by atoms with Crippen LogP contribution in [0.5, 0.6) is 0 Å². The summed E-state index contributed by atoms with van der Waals surface area (Å²) in [6, 6.07) is 32.3. The van der Waals surface area contributed by atoms with Crippen molar-refractivity contribution in [2.45, 2.75) is 44.6 Å². The van der Waals surface area contributed by atoms with Gasteiger partial charge in [0, 0.05) is 6.20 Å². The molecule has 0 aliphatic carbocycles. The number of rotatable bonds is 12. The van der Waals surface area contributed by atoms with Crippen molar-refractivity contribution >= 4 is 0 Å². The average Bonchev–Trinajstić information content (AvgIpc) is 3.35. The molecule has 4 aromatic rings. The number of nitrogens with one attached hydrogen (secondary N) is 1. The Labute approximate surface area is 198 Å². The van der Waals surface area contributed by atoms with Crippen molar-refractivity contribution in [3.05, 3.63) is 126 Å². The highest BCUT2D eigenvalue weighted by Crippen LogP contribution is 2.40. The largest absolute Gasteiger partial charge is 0.319 e. The molecule has 3 aromatic carbocycles. The first-order valence-electron chi connectivity index (χ1n) is 12.3. The zero-order valence-corrected chi connectivity index (χ0v) is 19.7. The highest BCUT2D eigenvalue weighted by atomic mass is 15.1. The fraction of sp³-hybridized carbons (Fsp3) is 0.300.